The van der Waals surface area contributed by atoms with E-state index in [4.69, 9.17) is 0 Å². The van der Waals surface area contributed by atoms with Crippen LogP contribution in [0.1, 0.15) is 55.5 Å². The standard InChI is InChI=1S/C13H18N2O2/c16-12(17)13(7-3-4-8-13)11-9-5-1-2-6-10(9)14-15-11/h1-8H2,(H,14,15)(H,16,17). The number of H-pyrrole nitrogens is 1. The maximum absolute atomic E-state index is 11.7. The van der Waals surface area contributed by atoms with Gasteiger partial charge in [0.05, 0.1) is 5.69 Å². The predicted octanol–water partition coefficient (Wildman–Crippen LogP) is 2.18. The summed E-state index contributed by atoms with van der Waals surface area (Å²) in [6, 6.07) is 0. The van der Waals surface area contributed by atoms with E-state index in [0.29, 0.717) is 0 Å². The first-order valence-electron chi connectivity index (χ1n) is 6.54. The number of fused-ring (bicyclic) bond motifs is 1. The van der Waals surface area contributed by atoms with Crippen molar-refractivity contribution in [3.63, 3.8) is 0 Å². The molecule has 4 heteroatoms. The van der Waals surface area contributed by atoms with Crippen LogP contribution in [-0.4, -0.2) is 21.3 Å². The number of nitrogens with zero attached hydrogens (tertiary/aromatic N) is 1. The molecule has 92 valence electrons. The molecule has 0 saturated heterocycles. The summed E-state index contributed by atoms with van der Waals surface area (Å²) >= 11 is 0. The van der Waals surface area contributed by atoms with E-state index in [-0.39, 0.29) is 0 Å². The minimum atomic E-state index is -0.693. The zero-order valence-corrected chi connectivity index (χ0v) is 9.96. The number of carboxylic acids is 1. The Morgan fingerprint density at radius 1 is 1.18 bits per heavy atom. The lowest BCUT2D eigenvalue weighted by Crippen LogP contribution is -2.34. The van der Waals surface area contributed by atoms with E-state index < -0.39 is 11.4 Å². The monoisotopic (exact) mass is 234 g/mol. The average molecular weight is 234 g/mol. The normalized spacial score (nSPS) is 22.4. The number of hydrogen-bond acceptors (Lipinski definition) is 2. The van der Waals surface area contributed by atoms with Crippen molar-refractivity contribution >= 4 is 5.97 Å². The lowest BCUT2D eigenvalue weighted by Gasteiger charge is -2.24. The van der Waals surface area contributed by atoms with Crippen molar-refractivity contribution in [3.05, 3.63) is 17.0 Å². The Bertz CT molecular complexity index is 444. The molecule has 1 heterocycles. The molecular weight excluding hydrogens is 216 g/mol. The average Bonchev–Trinajstić information content (AvgIpc) is 2.95. The molecule has 2 aliphatic carbocycles. The molecule has 0 aliphatic heterocycles. The van der Waals surface area contributed by atoms with E-state index in [1.807, 2.05) is 0 Å². The van der Waals surface area contributed by atoms with Gasteiger partial charge in [0.25, 0.3) is 0 Å². The van der Waals surface area contributed by atoms with Gasteiger partial charge in [-0.05, 0) is 44.1 Å². The molecule has 0 aromatic carbocycles. The number of rotatable bonds is 2. The summed E-state index contributed by atoms with van der Waals surface area (Å²) < 4.78 is 0. The van der Waals surface area contributed by atoms with Crippen LogP contribution in [-0.2, 0) is 23.1 Å². The highest BCUT2D eigenvalue weighted by Crippen LogP contribution is 2.43. The minimum Gasteiger partial charge on any atom is -0.481 e. The van der Waals surface area contributed by atoms with Gasteiger partial charge in [0.2, 0.25) is 0 Å². The van der Waals surface area contributed by atoms with Crippen LogP contribution in [0.2, 0.25) is 0 Å². The third-order valence-electron chi connectivity index (χ3n) is 4.38. The molecule has 2 aliphatic rings. The first-order chi connectivity index (χ1) is 8.24. The Morgan fingerprint density at radius 3 is 2.59 bits per heavy atom. The van der Waals surface area contributed by atoms with Crippen LogP contribution in [0.4, 0.5) is 0 Å². The van der Waals surface area contributed by atoms with Crippen LogP contribution in [0.3, 0.4) is 0 Å². The quantitative estimate of drug-likeness (QED) is 0.824. The summed E-state index contributed by atoms with van der Waals surface area (Å²) in [7, 11) is 0. The number of carbonyl (C=O) groups is 1. The van der Waals surface area contributed by atoms with Gasteiger partial charge in [0.1, 0.15) is 5.41 Å². The van der Waals surface area contributed by atoms with Gasteiger partial charge in [-0.25, -0.2) is 0 Å². The highest BCUT2D eigenvalue weighted by atomic mass is 16.4. The molecule has 0 bridgehead atoms. The highest BCUT2D eigenvalue weighted by Gasteiger charge is 2.46. The van der Waals surface area contributed by atoms with Crippen LogP contribution in [0.5, 0.6) is 0 Å². The summed E-state index contributed by atoms with van der Waals surface area (Å²) in [5.74, 6) is -0.685. The predicted molar refractivity (Wildman–Crippen MR) is 63.0 cm³/mol. The van der Waals surface area contributed by atoms with Crippen molar-refractivity contribution in [2.24, 2.45) is 0 Å². The fourth-order valence-electron chi connectivity index (χ4n) is 3.41. The van der Waals surface area contributed by atoms with Crippen LogP contribution >= 0.6 is 0 Å². The highest BCUT2D eigenvalue weighted by molar-refractivity contribution is 5.81. The lowest BCUT2D eigenvalue weighted by atomic mass is 9.78. The Labute approximate surface area is 100 Å². The van der Waals surface area contributed by atoms with E-state index >= 15 is 0 Å². The largest absolute Gasteiger partial charge is 0.481 e. The Morgan fingerprint density at radius 2 is 1.88 bits per heavy atom. The van der Waals surface area contributed by atoms with E-state index in [9.17, 15) is 9.90 Å². The summed E-state index contributed by atoms with van der Waals surface area (Å²) in [4.78, 5) is 11.7. The molecule has 0 radical (unpaired) electrons. The third kappa shape index (κ3) is 1.50. The lowest BCUT2D eigenvalue weighted by molar-refractivity contribution is -0.143. The molecule has 0 spiro atoms. The first kappa shape index (κ1) is 10.8. The van der Waals surface area contributed by atoms with Gasteiger partial charge in [-0.15, -0.1) is 0 Å². The topological polar surface area (TPSA) is 66.0 Å². The summed E-state index contributed by atoms with van der Waals surface area (Å²) in [6.07, 6.45) is 7.89. The first-order valence-corrected chi connectivity index (χ1v) is 6.54. The third-order valence-corrected chi connectivity index (χ3v) is 4.38. The van der Waals surface area contributed by atoms with Crippen LogP contribution in [0.25, 0.3) is 0 Å². The van der Waals surface area contributed by atoms with E-state index in [0.717, 1.165) is 50.6 Å². The molecule has 17 heavy (non-hydrogen) atoms. The van der Waals surface area contributed by atoms with Gasteiger partial charge < -0.3 is 5.11 Å². The van der Waals surface area contributed by atoms with Crippen molar-refractivity contribution in [3.8, 4) is 0 Å². The number of aromatic nitrogens is 2. The van der Waals surface area contributed by atoms with E-state index in [2.05, 4.69) is 10.2 Å². The molecule has 0 atom stereocenters. The van der Waals surface area contributed by atoms with Crippen molar-refractivity contribution in [1.29, 1.82) is 0 Å². The minimum absolute atomic E-state index is 0.685. The van der Waals surface area contributed by atoms with E-state index in [1.165, 1.54) is 17.7 Å². The molecule has 0 unspecified atom stereocenters. The SMILES string of the molecule is O=C(O)C1(c2n[nH]c3c2CCCC3)CCCC1. The summed E-state index contributed by atoms with van der Waals surface area (Å²) in [5, 5.41) is 17.0. The maximum Gasteiger partial charge on any atom is 0.315 e. The molecular formula is C13H18N2O2. The maximum atomic E-state index is 11.7. The van der Waals surface area contributed by atoms with Gasteiger partial charge >= 0.3 is 5.97 Å². The fourth-order valence-corrected chi connectivity index (χ4v) is 3.41. The summed E-state index contributed by atoms with van der Waals surface area (Å²) in [5.41, 5.74) is 2.54. The molecule has 4 nitrogen and oxygen atoms in total. The summed E-state index contributed by atoms with van der Waals surface area (Å²) in [6.45, 7) is 0. The van der Waals surface area contributed by atoms with E-state index in [1.54, 1.807) is 0 Å². The Balaban J connectivity index is 2.07. The van der Waals surface area contributed by atoms with Gasteiger partial charge in [0.15, 0.2) is 0 Å². The second kappa shape index (κ2) is 3.86. The molecule has 3 rings (SSSR count). The number of carboxylic acid groups (broad SMARTS) is 1. The number of aliphatic carboxylic acids is 1. The molecule has 1 aromatic heterocycles. The molecule has 1 aromatic rings. The van der Waals surface area contributed by atoms with Crippen molar-refractivity contribution in [2.75, 3.05) is 0 Å². The molecule has 2 N–H and O–H groups in total. The number of aromatic amines is 1. The zero-order chi connectivity index (χ0) is 11.9. The number of nitrogens with one attached hydrogen (secondary N) is 1. The Hall–Kier alpha value is -1.32. The fraction of sp³-hybridized carbons (Fsp3) is 0.692. The second-order valence-corrected chi connectivity index (χ2v) is 5.33. The second-order valence-electron chi connectivity index (χ2n) is 5.33. The van der Waals surface area contributed by atoms with Gasteiger partial charge in [0, 0.05) is 5.69 Å². The molecule has 0 amide bonds. The van der Waals surface area contributed by atoms with Gasteiger partial charge in [-0.3, -0.25) is 9.89 Å². The van der Waals surface area contributed by atoms with Crippen molar-refractivity contribution < 1.29 is 9.90 Å². The van der Waals surface area contributed by atoms with Crippen LogP contribution in [0, 0.1) is 0 Å². The smallest absolute Gasteiger partial charge is 0.315 e. The van der Waals surface area contributed by atoms with Gasteiger partial charge in [-0.1, -0.05) is 12.8 Å². The Kier molecular flexibility index (Phi) is 2.45. The zero-order valence-electron chi connectivity index (χ0n) is 9.96. The number of aryl methyl sites for hydroxylation is 1. The molecule has 1 fully saturated rings. The number of hydrogen-bond donors (Lipinski definition) is 2. The van der Waals surface area contributed by atoms with Crippen LogP contribution < -0.4 is 0 Å². The molecule has 1 saturated carbocycles. The van der Waals surface area contributed by atoms with Crippen molar-refractivity contribution in [1.82, 2.24) is 10.2 Å². The van der Waals surface area contributed by atoms with Crippen molar-refractivity contribution in [2.45, 2.75) is 56.8 Å². The van der Waals surface area contributed by atoms with Gasteiger partial charge in [-0.2, -0.15) is 5.10 Å². The van der Waals surface area contributed by atoms with Crippen LogP contribution in [0.15, 0.2) is 0 Å².